The van der Waals surface area contributed by atoms with E-state index in [4.69, 9.17) is 5.73 Å². The second-order valence-corrected chi connectivity index (χ2v) is 2.93. The molecule has 0 atom stereocenters. The summed E-state index contributed by atoms with van der Waals surface area (Å²) in [6.45, 7) is -0.823. The number of likely N-dealkylation sites (N-methyl/N-ethyl adjacent to an activating group) is 1. The zero-order valence-electron chi connectivity index (χ0n) is 7.90. The van der Waals surface area contributed by atoms with E-state index in [1.54, 1.807) is 0 Å². The Morgan fingerprint density at radius 2 is 2.07 bits per heavy atom. The Kier molecular flexibility index (Phi) is 5.47. The van der Waals surface area contributed by atoms with Crippen LogP contribution in [0.25, 0.3) is 0 Å². The molecule has 0 aromatic heterocycles. The zero-order chi connectivity index (χ0) is 11.2. The SMILES string of the molecule is CN(CC(=O)NCCN)CC(F)(F)F. The van der Waals surface area contributed by atoms with Crippen LogP contribution in [-0.2, 0) is 4.79 Å². The molecule has 0 aliphatic rings. The quantitative estimate of drug-likeness (QED) is 0.650. The van der Waals surface area contributed by atoms with Gasteiger partial charge in [0.05, 0.1) is 13.1 Å². The van der Waals surface area contributed by atoms with E-state index in [1.165, 1.54) is 7.05 Å². The Morgan fingerprint density at radius 3 is 2.50 bits per heavy atom. The molecule has 0 unspecified atom stereocenters. The monoisotopic (exact) mass is 213 g/mol. The number of nitrogens with two attached hydrogens (primary N) is 1. The molecule has 0 aliphatic carbocycles. The zero-order valence-corrected chi connectivity index (χ0v) is 7.90. The average molecular weight is 213 g/mol. The maximum atomic E-state index is 11.8. The van der Waals surface area contributed by atoms with Crippen molar-refractivity contribution in [3.8, 4) is 0 Å². The molecule has 0 heterocycles. The number of halogens is 3. The fraction of sp³-hybridized carbons (Fsp3) is 0.857. The molecule has 0 saturated carbocycles. The molecule has 3 N–H and O–H groups in total. The largest absolute Gasteiger partial charge is 0.401 e. The second-order valence-electron chi connectivity index (χ2n) is 2.93. The minimum atomic E-state index is -4.27. The molecule has 0 aromatic rings. The van der Waals surface area contributed by atoms with Crippen molar-refractivity contribution >= 4 is 5.91 Å². The van der Waals surface area contributed by atoms with Crippen LogP contribution in [0, 0.1) is 0 Å². The second kappa shape index (κ2) is 5.82. The van der Waals surface area contributed by atoms with E-state index < -0.39 is 18.6 Å². The molecule has 84 valence electrons. The highest BCUT2D eigenvalue weighted by molar-refractivity contribution is 5.77. The summed E-state index contributed by atoms with van der Waals surface area (Å²) in [5.41, 5.74) is 5.10. The van der Waals surface area contributed by atoms with Gasteiger partial charge >= 0.3 is 6.18 Å². The maximum absolute atomic E-state index is 11.8. The number of nitrogens with one attached hydrogen (secondary N) is 1. The van der Waals surface area contributed by atoms with Gasteiger partial charge in [-0.3, -0.25) is 9.69 Å². The molecule has 4 nitrogen and oxygen atoms in total. The minimum absolute atomic E-state index is 0.273. The average Bonchev–Trinajstić information content (AvgIpc) is 1.96. The van der Waals surface area contributed by atoms with Crippen molar-refractivity contribution in [2.24, 2.45) is 5.73 Å². The van der Waals surface area contributed by atoms with Crippen LogP contribution in [0.1, 0.15) is 0 Å². The van der Waals surface area contributed by atoms with Crippen LogP contribution < -0.4 is 11.1 Å². The van der Waals surface area contributed by atoms with Crippen LogP contribution in [0.2, 0.25) is 0 Å². The first-order valence-corrected chi connectivity index (χ1v) is 4.07. The molecule has 0 fully saturated rings. The van der Waals surface area contributed by atoms with Crippen LogP contribution in [0.4, 0.5) is 13.2 Å². The van der Waals surface area contributed by atoms with Gasteiger partial charge in [0.15, 0.2) is 0 Å². The van der Waals surface area contributed by atoms with Gasteiger partial charge in [-0.15, -0.1) is 0 Å². The molecule has 0 aliphatic heterocycles. The van der Waals surface area contributed by atoms with Gasteiger partial charge < -0.3 is 11.1 Å². The van der Waals surface area contributed by atoms with E-state index in [1.807, 2.05) is 0 Å². The van der Waals surface area contributed by atoms with E-state index in [0.29, 0.717) is 0 Å². The van der Waals surface area contributed by atoms with Crippen LogP contribution in [0.5, 0.6) is 0 Å². The fourth-order valence-electron chi connectivity index (χ4n) is 0.875. The molecule has 0 bridgehead atoms. The summed E-state index contributed by atoms with van der Waals surface area (Å²) in [6.07, 6.45) is -4.27. The van der Waals surface area contributed by atoms with E-state index in [9.17, 15) is 18.0 Å². The van der Waals surface area contributed by atoms with Crippen molar-refractivity contribution in [3.05, 3.63) is 0 Å². The lowest BCUT2D eigenvalue weighted by atomic mass is 10.4. The Labute approximate surface area is 80.2 Å². The van der Waals surface area contributed by atoms with Gasteiger partial charge in [0.25, 0.3) is 0 Å². The van der Waals surface area contributed by atoms with Crippen molar-refractivity contribution in [1.29, 1.82) is 0 Å². The first-order chi connectivity index (χ1) is 6.35. The molecular formula is C7H14F3N3O. The summed E-state index contributed by atoms with van der Waals surface area (Å²) in [7, 11) is 1.23. The van der Waals surface area contributed by atoms with Crippen molar-refractivity contribution in [1.82, 2.24) is 10.2 Å². The number of nitrogens with zero attached hydrogens (tertiary/aromatic N) is 1. The van der Waals surface area contributed by atoms with Gasteiger partial charge in [0, 0.05) is 13.1 Å². The lowest BCUT2D eigenvalue weighted by Crippen LogP contribution is -2.40. The normalized spacial score (nSPS) is 11.9. The summed E-state index contributed by atoms with van der Waals surface area (Å²) >= 11 is 0. The summed E-state index contributed by atoms with van der Waals surface area (Å²) in [5.74, 6) is -0.456. The standard InChI is InChI=1S/C7H14F3N3O/c1-13(5-7(8,9)10)4-6(14)12-3-2-11/h2-5,11H2,1H3,(H,12,14). The van der Waals surface area contributed by atoms with Gasteiger partial charge in [-0.25, -0.2) is 0 Å². The Bertz CT molecular complexity index is 184. The molecule has 0 radical (unpaired) electrons. The summed E-state index contributed by atoms with van der Waals surface area (Å²) in [6, 6.07) is 0. The minimum Gasteiger partial charge on any atom is -0.354 e. The molecule has 0 rings (SSSR count). The van der Waals surface area contributed by atoms with E-state index >= 15 is 0 Å². The van der Waals surface area contributed by atoms with Crippen molar-refractivity contribution < 1.29 is 18.0 Å². The molecule has 0 spiro atoms. The predicted octanol–water partition coefficient (Wildman–Crippen LogP) is -0.445. The van der Waals surface area contributed by atoms with Gasteiger partial charge in [-0.2, -0.15) is 13.2 Å². The molecular weight excluding hydrogens is 199 g/mol. The molecule has 14 heavy (non-hydrogen) atoms. The van der Waals surface area contributed by atoms with Crippen LogP contribution >= 0.6 is 0 Å². The van der Waals surface area contributed by atoms with Crippen LogP contribution in [0.3, 0.4) is 0 Å². The molecule has 0 aromatic carbocycles. The highest BCUT2D eigenvalue weighted by atomic mass is 19.4. The number of hydrogen-bond acceptors (Lipinski definition) is 3. The number of carbonyl (C=O) groups is 1. The van der Waals surface area contributed by atoms with Gasteiger partial charge in [-0.05, 0) is 7.05 Å². The predicted molar refractivity (Wildman–Crippen MR) is 45.6 cm³/mol. The summed E-state index contributed by atoms with van der Waals surface area (Å²) < 4.78 is 35.4. The molecule has 1 amide bonds. The number of amides is 1. The number of alkyl halides is 3. The van der Waals surface area contributed by atoms with Crippen LogP contribution in [-0.4, -0.2) is 50.2 Å². The summed E-state index contributed by atoms with van der Waals surface area (Å²) in [5, 5.41) is 2.38. The lowest BCUT2D eigenvalue weighted by molar-refractivity contribution is -0.145. The maximum Gasteiger partial charge on any atom is 0.401 e. The van der Waals surface area contributed by atoms with Gasteiger partial charge in [0.1, 0.15) is 0 Å². The molecule has 0 saturated heterocycles. The van der Waals surface area contributed by atoms with Gasteiger partial charge in [-0.1, -0.05) is 0 Å². The molecule has 7 heteroatoms. The first kappa shape index (κ1) is 13.2. The van der Waals surface area contributed by atoms with E-state index in [2.05, 4.69) is 5.32 Å². The Hall–Kier alpha value is -0.820. The van der Waals surface area contributed by atoms with E-state index in [-0.39, 0.29) is 19.6 Å². The Morgan fingerprint density at radius 1 is 1.50 bits per heavy atom. The van der Waals surface area contributed by atoms with Gasteiger partial charge in [0.2, 0.25) is 5.91 Å². The number of rotatable bonds is 5. The highest BCUT2D eigenvalue weighted by Crippen LogP contribution is 2.14. The van der Waals surface area contributed by atoms with Crippen molar-refractivity contribution in [2.45, 2.75) is 6.18 Å². The Balaban J connectivity index is 3.71. The number of hydrogen-bond donors (Lipinski definition) is 2. The summed E-state index contributed by atoms with van der Waals surface area (Å²) in [4.78, 5) is 11.8. The number of carbonyl (C=O) groups excluding carboxylic acids is 1. The first-order valence-electron chi connectivity index (χ1n) is 4.07. The lowest BCUT2D eigenvalue weighted by Gasteiger charge is -2.17. The topological polar surface area (TPSA) is 58.4 Å². The fourth-order valence-corrected chi connectivity index (χ4v) is 0.875. The third-order valence-electron chi connectivity index (χ3n) is 1.33. The third kappa shape index (κ3) is 7.81. The van der Waals surface area contributed by atoms with Crippen molar-refractivity contribution in [3.63, 3.8) is 0 Å². The third-order valence-corrected chi connectivity index (χ3v) is 1.33. The van der Waals surface area contributed by atoms with E-state index in [0.717, 1.165) is 4.90 Å². The smallest absolute Gasteiger partial charge is 0.354 e. The van der Waals surface area contributed by atoms with Crippen molar-refractivity contribution in [2.75, 3.05) is 33.2 Å². The van der Waals surface area contributed by atoms with Crippen LogP contribution in [0.15, 0.2) is 0 Å². The highest BCUT2D eigenvalue weighted by Gasteiger charge is 2.29.